The smallest absolute Gasteiger partial charge is 0.123 e. The van der Waals surface area contributed by atoms with E-state index in [1.54, 1.807) is 19.5 Å². The Hall–Kier alpha value is -1.58. The summed E-state index contributed by atoms with van der Waals surface area (Å²) in [6.45, 7) is 3.11. The molecule has 0 aliphatic heterocycles. The van der Waals surface area contributed by atoms with Crippen LogP contribution in [-0.2, 0) is 6.42 Å². The quantitative estimate of drug-likeness (QED) is 0.838. The molecule has 3 nitrogen and oxygen atoms in total. The first-order chi connectivity index (χ1) is 10.3. The number of benzene rings is 1. The molecule has 0 bridgehead atoms. The molecule has 0 amide bonds. The molecule has 4 heteroatoms. The average Bonchev–Trinajstić information content (AvgIpc) is 2.53. The minimum absolute atomic E-state index is 0.168. The van der Waals surface area contributed by atoms with Gasteiger partial charge in [-0.3, -0.25) is 4.98 Å². The predicted molar refractivity (Wildman–Crippen MR) is 87.0 cm³/mol. The Labute approximate surface area is 131 Å². The number of ether oxygens (including phenoxy) is 1. The molecule has 0 spiro atoms. The van der Waals surface area contributed by atoms with Gasteiger partial charge in [0, 0.05) is 24.0 Å². The van der Waals surface area contributed by atoms with Crippen LogP contribution in [0.15, 0.2) is 42.7 Å². The van der Waals surface area contributed by atoms with Crippen molar-refractivity contribution in [2.45, 2.75) is 25.8 Å². The SMILES string of the molecule is CCCNC(Cc1ccncc1Cl)c1ccccc1OC. The number of aromatic nitrogens is 1. The molecule has 1 aromatic heterocycles. The summed E-state index contributed by atoms with van der Waals surface area (Å²) in [5.41, 5.74) is 2.24. The van der Waals surface area contributed by atoms with E-state index in [2.05, 4.69) is 23.3 Å². The normalized spacial score (nSPS) is 12.1. The van der Waals surface area contributed by atoms with Crippen LogP contribution in [0.2, 0.25) is 5.02 Å². The number of hydrogen-bond acceptors (Lipinski definition) is 3. The van der Waals surface area contributed by atoms with Crippen LogP contribution in [0.5, 0.6) is 5.75 Å². The third-order valence-electron chi connectivity index (χ3n) is 3.44. The molecule has 1 aromatic carbocycles. The minimum Gasteiger partial charge on any atom is -0.496 e. The van der Waals surface area contributed by atoms with Crippen molar-refractivity contribution in [1.82, 2.24) is 10.3 Å². The van der Waals surface area contributed by atoms with Crippen molar-refractivity contribution in [2.75, 3.05) is 13.7 Å². The fourth-order valence-electron chi connectivity index (χ4n) is 2.35. The zero-order chi connectivity index (χ0) is 15.1. The number of methoxy groups -OCH3 is 1. The molecule has 0 saturated heterocycles. The maximum Gasteiger partial charge on any atom is 0.123 e. The number of halogens is 1. The summed E-state index contributed by atoms with van der Waals surface area (Å²) >= 11 is 6.24. The molecule has 2 rings (SSSR count). The van der Waals surface area contributed by atoms with Gasteiger partial charge in [0.2, 0.25) is 0 Å². The lowest BCUT2D eigenvalue weighted by Gasteiger charge is -2.21. The lowest BCUT2D eigenvalue weighted by Crippen LogP contribution is -2.24. The highest BCUT2D eigenvalue weighted by atomic mass is 35.5. The summed E-state index contributed by atoms with van der Waals surface area (Å²) < 4.78 is 5.49. The molecule has 1 atom stereocenters. The van der Waals surface area contributed by atoms with Gasteiger partial charge in [0.15, 0.2) is 0 Å². The molecule has 0 saturated carbocycles. The Bertz CT molecular complexity index is 574. The molecule has 0 aliphatic rings. The van der Waals surface area contributed by atoms with Crippen LogP contribution in [-0.4, -0.2) is 18.6 Å². The predicted octanol–water partition coefficient (Wildman–Crippen LogP) is 4.03. The second-order valence-corrected chi connectivity index (χ2v) is 5.33. The fourth-order valence-corrected chi connectivity index (χ4v) is 2.55. The van der Waals surface area contributed by atoms with Crippen LogP contribution in [0.25, 0.3) is 0 Å². The van der Waals surface area contributed by atoms with Gasteiger partial charge in [-0.15, -0.1) is 0 Å². The van der Waals surface area contributed by atoms with Gasteiger partial charge < -0.3 is 10.1 Å². The summed E-state index contributed by atoms with van der Waals surface area (Å²) in [5, 5.41) is 4.28. The molecular weight excluding hydrogens is 284 g/mol. The fraction of sp³-hybridized carbons (Fsp3) is 0.353. The van der Waals surface area contributed by atoms with Gasteiger partial charge >= 0.3 is 0 Å². The van der Waals surface area contributed by atoms with Crippen LogP contribution in [0, 0.1) is 0 Å². The van der Waals surface area contributed by atoms with Gasteiger partial charge in [-0.2, -0.15) is 0 Å². The molecule has 1 unspecified atom stereocenters. The van der Waals surface area contributed by atoms with Gasteiger partial charge in [-0.05, 0) is 37.1 Å². The Morgan fingerprint density at radius 3 is 2.81 bits per heavy atom. The van der Waals surface area contributed by atoms with E-state index < -0.39 is 0 Å². The zero-order valence-electron chi connectivity index (χ0n) is 12.5. The second kappa shape index (κ2) is 8.01. The molecule has 1 heterocycles. The Morgan fingerprint density at radius 2 is 2.10 bits per heavy atom. The van der Waals surface area contributed by atoms with Crippen LogP contribution < -0.4 is 10.1 Å². The molecule has 21 heavy (non-hydrogen) atoms. The molecule has 112 valence electrons. The van der Waals surface area contributed by atoms with Crippen molar-refractivity contribution >= 4 is 11.6 Å². The van der Waals surface area contributed by atoms with E-state index in [1.807, 2.05) is 24.3 Å². The number of para-hydroxylation sites is 1. The highest BCUT2D eigenvalue weighted by Gasteiger charge is 2.17. The third-order valence-corrected chi connectivity index (χ3v) is 3.78. The van der Waals surface area contributed by atoms with Crippen molar-refractivity contribution in [3.05, 3.63) is 58.9 Å². The van der Waals surface area contributed by atoms with Crippen molar-refractivity contribution < 1.29 is 4.74 Å². The van der Waals surface area contributed by atoms with E-state index >= 15 is 0 Å². The van der Waals surface area contributed by atoms with Crippen LogP contribution in [0.4, 0.5) is 0 Å². The number of rotatable bonds is 7. The van der Waals surface area contributed by atoms with E-state index in [1.165, 1.54) is 0 Å². The standard InChI is InChI=1S/C17H21ClN2O/c1-3-9-20-16(11-13-8-10-19-12-15(13)18)14-6-4-5-7-17(14)21-2/h4-8,10,12,16,20H,3,9,11H2,1-2H3. The monoisotopic (exact) mass is 304 g/mol. The molecule has 1 N–H and O–H groups in total. The maximum atomic E-state index is 6.24. The van der Waals surface area contributed by atoms with Gasteiger partial charge in [-0.1, -0.05) is 36.7 Å². The average molecular weight is 305 g/mol. The van der Waals surface area contributed by atoms with Crippen LogP contribution >= 0.6 is 11.6 Å². The van der Waals surface area contributed by atoms with Gasteiger partial charge in [0.25, 0.3) is 0 Å². The number of nitrogens with zero attached hydrogens (tertiary/aromatic N) is 1. The zero-order valence-corrected chi connectivity index (χ0v) is 13.2. The molecular formula is C17H21ClN2O. The first kappa shape index (κ1) is 15.8. The maximum absolute atomic E-state index is 6.24. The first-order valence-electron chi connectivity index (χ1n) is 7.21. The number of hydrogen-bond donors (Lipinski definition) is 1. The number of pyridine rings is 1. The summed E-state index contributed by atoms with van der Waals surface area (Å²) in [6.07, 6.45) is 5.35. The molecule has 0 aliphatic carbocycles. The summed E-state index contributed by atoms with van der Waals surface area (Å²) in [4.78, 5) is 4.04. The van der Waals surface area contributed by atoms with Crippen molar-refractivity contribution in [2.24, 2.45) is 0 Å². The molecule has 2 aromatic rings. The Kier molecular flexibility index (Phi) is 6.03. The third kappa shape index (κ3) is 4.19. The summed E-state index contributed by atoms with van der Waals surface area (Å²) in [7, 11) is 1.70. The highest BCUT2D eigenvalue weighted by molar-refractivity contribution is 6.31. The van der Waals surface area contributed by atoms with Crippen molar-refractivity contribution in [1.29, 1.82) is 0 Å². The van der Waals surface area contributed by atoms with E-state index in [0.717, 1.165) is 36.3 Å². The van der Waals surface area contributed by atoms with Gasteiger partial charge in [0.05, 0.1) is 12.1 Å². The van der Waals surface area contributed by atoms with E-state index in [4.69, 9.17) is 16.3 Å². The highest BCUT2D eigenvalue weighted by Crippen LogP contribution is 2.29. The topological polar surface area (TPSA) is 34.2 Å². The minimum atomic E-state index is 0.168. The van der Waals surface area contributed by atoms with E-state index in [9.17, 15) is 0 Å². The van der Waals surface area contributed by atoms with Crippen LogP contribution in [0.3, 0.4) is 0 Å². The lowest BCUT2D eigenvalue weighted by molar-refractivity contribution is 0.398. The van der Waals surface area contributed by atoms with E-state index in [-0.39, 0.29) is 6.04 Å². The Morgan fingerprint density at radius 1 is 1.29 bits per heavy atom. The lowest BCUT2D eigenvalue weighted by atomic mass is 9.98. The first-order valence-corrected chi connectivity index (χ1v) is 7.58. The van der Waals surface area contributed by atoms with Crippen LogP contribution in [0.1, 0.15) is 30.5 Å². The largest absolute Gasteiger partial charge is 0.496 e. The van der Waals surface area contributed by atoms with Gasteiger partial charge in [-0.25, -0.2) is 0 Å². The Balaban J connectivity index is 2.28. The summed E-state index contributed by atoms with van der Waals surface area (Å²) in [6, 6.07) is 10.2. The molecule has 0 fully saturated rings. The van der Waals surface area contributed by atoms with E-state index in [0.29, 0.717) is 5.02 Å². The second-order valence-electron chi connectivity index (χ2n) is 4.92. The van der Waals surface area contributed by atoms with Gasteiger partial charge in [0.1, 0.15) is 5.75 Å². The summed E-state index contributed by atoms with van der Waals surface area (Å²) in [5.74, 6) is 0.899. The van der Waals surface area contributed by atoms with Crippen molar-refractivity contribution in [3.8, 4) is 5.75 Å². The number of nitrogens with one attached hydrogen (secondary N) is 1. The van der Waals surface area contributed by atoms with Crippen molar-refractivity contribution in [3.63, 3.8) is 0 Å². The molecule has 0 radical (unpaired) electrons.